The molecule has 1 aromatic carbocycles. The molecule has 0 spiro atoms. The van der Waals surface area contributed by atoms with Gasteiger partial charge < -0.3 is 10.1 Å². The summed E-state index contributed by atoms with van der Waals surface area (Å²) in [6, 6.07) is 6.09. The summed E-state index contributed by atoms with van der Waals surface area (Å²) in [6.45, 7) is 0.564. The van der Waals surface area contributed by atoms with E-state index in [4.69, 9.17) is 4.74 Å². The number of amides is 1. The van der Waals surface area contributed by atoms with Crippen molar-refractivity contribution >= 4 is 33.4 Å². The summed E-state index contributed by atoms with van der Waals surface area (Å²) in [5.74, 6) is -1.15. The highest BCUT2D eigenvalue weighted by molar-refractivity contribution is 7.89. The average molecular weight is 449 g/mol. The molecule has 4 rings (SSSR count). The monoisotopic (exact) mass is 448 g/mol. The molecule has 9 heteroatoms. The predicted octanol–water partition coefficient (Wildman–Crippen LogP) is 2.35. The zero-order valence-corrected chi connectivity index (χ0v) is 18.2. The molecule has 2 bridgehead atoms. The highest BCUT2D eigenvalue weighted by atomic mass is 32.2. The van der Waals surface area contributed by atoms with Crippen LogP contribution in [0.2, 0.25) is 0 Å². The molecule has 2 atom stereocenters. The maximum atomic E-state index is 12.7. The second-order valence-electron chi connectivity index (χ2n) is 8.69. The third kappa shape index (κ3) is 4.82. The van der Waals surface area contributed by atoms with Crippen molar-refractivity contribution in [2.24, 2.45) is 17.8 Å². The average Bonchev–Trinajstić information content (AvgIpc) is 3.28. The molecule has 1 heterocycles. The van der Waals surface area contributed by atoms with E-state index in [1.54, 1.807) is 12.1 Å². The number of fused-ring (bicyclic) bond motifs is 2. The van der Waals surface area contributed by atoms with Crippen molar-refractivity contribution in [1.29, 1.82) is 0 Å². The van der Waals surface area contributed by atoms with E-state index < -0.39 is 28.5 Å². The Labute approximate surface area is 182 Å². The van der Waals surface area contributed by atoms with Crippen molar-refractivity contribution in [2.45, 2.75) is 49.8 Å². The Hall–Kier alpha value is -2.26. The molecule has 1 amide bonds. The zero-order chi connectivity index (χ0) is 22.0. The summed E-state index contributed by atoms with van der Waals surface area (Å²) in [6.07, 6.45) is 5.39. The van der Waals surface area contributed by atoms with Crippen LogP contribution in [0.1, 0.15) is 44.9 Å². The minimum atomic E-state index is -3.58. The van der Waals surface area contributed by atoms with Gasteiger partial charge in [-0.25, -0.2) is 8.42 Å². The first-order valence-electron chi connectivity index (χ1n) is 10.9. The molecule has 2 unspecified atom stereocenters. The van der Waals surface area contributed by atoms with Gasteiger partial charge in [-0.1, -0.05) is 12.5 Å². The van der Waals surface area contributed by atoms with Crippen LogP contribution in [-0.2, 0) is 29.1 Å². The number of Topliss-reactive ketones (excluding diaryl/α,β-unsaturated/α-hetero) is 1. The topological polar surface area (TPSA) is 110 Å². The number of anilines is 1. The van der Waals surface area contributed by atoms with E-state index in [0.29, 0.717) is 31.6 Å². The highest BCUT2D eigenvalue weighted by Gasteiger charge is 2.41. The van der Waals surface area contributed by atoms with Crippen LogP contribution >= 0.6 is 0 Å². The first kappa shape index (κ1) is 22.0. The highest BCUT2D eigenvalue weighted by Crippen LogP contribution is 2.40. The number of nitrogens with zero attached hydrogens (tertiary/aromatic N) is 1. The van der Waals surface area contributed by atoms with E-state index in [2.05, 4.69) is 5.32 Å². The molecule has 2 saturated carbocycles. The third-order valence-electron chi connectivity index (χ3n) is 6.55. The van der Waals surface area contributed by atoms with Gasteiger partial charge in [0.2, 0.25) is 10.0 Å². The molecule has 0 radical (unpaired) electrons. The number of hydrogen-bond acceptors (Lipinski definition) is 6. The van der Waals surface area contributed by atoms with E-state index in [-0.39, 0.29) is 28.4 Å². The van der Waals surface area contributed by atoms with Crippen molar-refractivity contribution < 1.29 is 27.5 Å². The fourth-order valence-electron chi connectivity index (χ4n) is 4.94. The standard InChI is InChI=1S/C22H28N2O6S/c25-20(14-30-22(27)17-11-15-5-3-6-16(12-17)21(15)26)23-18-7-4-8-19(13-18)31(28,29)24-9-1-2-10-24/h4,7-8,13,15-17H,1-3,5-6,9-12,14H2,(H,23,25). The molecule has 2 aliphatic carbocycles. The molecule has 8 nitrogen and oxygen atoms in total. The lowest BCUT2D eigenvalue weighted by Crippen LogP contribution is -2.40. The molecule has 31 heavy (non-hydrogen) atoms. The van der Waals surface area contributed by atoms with E-state index in [0.717, 1.165) is 32.1 Å². The van der Waals surface area contributed by atoms with Crippen LogP contribution in [0.15, 0.2) is 29.2 Å². The van der Waals surface area contributed by atoms with Crippen molar-refractivity contribution in [3.05, 3.63) is 24.3 Å². The second-order valence-corrected chi connectivity index (χ2v) is 10.6. The molecule has 1 aliphatic heterocycles. The molecule has 168 valence electrons. The number of esters is 1. The molecule has 3 aliphatic rings. The molecule has 1 N–H and O–H groups in total. The second kappa shape index (κ2) is 9.08. The minimum absolute atomic E-state index is 0.0563. The Kier molecular flexibility index (Phi) is 6.43. The molecular formula is C22H28N2O6S. The summed E-state index contributed by atoms with van der Waals surface area (Å²) >= 11 is 0. The Morgan fingerprint density at radius 2 is 1.74 bits per heavy atom. The third-order valence-corrected chi connectivity index (χ3v) is 8.44. The smallest absolute Gasteiger partial charge is 0.309 e. The fraction of sp³-hybridized carbons (Fsp3) is 0.591. The van der Waals surface area contributed by atoms with Crippen LogP contribution in [0, 0.1) is 17.8 Å². The van der Waals surface area contributed by atoms with Gasteiger partial charge in [0, 0.05) is 30.6 Å². The first-order chi connectivity index (χ1) is 14.8. The van der Waals surface area contributed by atoms with Crippen LogP contribution < -0.4 is 5.32 Å². The van der Waals surface area contributed by atoms with Crippen molar-refractivity contribution in [1.82, 2.24) is 4.31 Å². The number of ether oxygens (including phenoxy) is 1. The Balaban J connectivity index is 1.31. The van der Waals surface area contributed by atoms with Crippen molar-refractivity contribution in [3.63, 3.8) is 0 Å². The lowest BCUT2D eigenvalue weighted by Gasteiger charge is -2.36. The fourth-order valence-corrected chi connectivity index (χ4v) is 6.50. The van der Waals surface area contributed by atoms with Crippen LogP contribution in [0.4, 0.5) is 5.69 Å². The molecule has 1 saturated heterocycles. The largest absolute Gasteiger partial charge is 0.455 e. The number of hydrogen-bond donors (Lipinski definition) is 1. The lowest BCUT2D eigenvalue weighted by atomic mass is 9.67. The number of carbonyl (C=O) groups is 3. The van der Waals surface area contributed by atoms with Gasteiger partial charge in [-0.05, 0) is 56.7 Å². The summed E-state index contributed by atoms with van der Waals surface area (Å²) in [4.78, 5) is 37.0. The van der Waals surface area contributed by atoms with Gasteiger partial charge in [-0.3, -0.25) is 14.4 Å². The van der Waals surface area contributed by atoms with E-state index in [1.165, 1.54) is 16.4 Å². The zero-order valence-electron chi connectivity index (χ0n) is 17.4. The summed E-state index contributed by atoms with van der Waals surface area (Å²) in [5.41, 5.74) is 0.333. The molecular weight excluding hydrogens is 420 g/mol. The Morgan fingerprint density at radius 3 is 2.42 bits per heavy atom. The van der Waals surface area contributed by atoms with Crippen LogP contribution in [-0.4, -0.2) is 50.1 Å². The number of nitrogens with one attached hydrogen (secondary N) is 1. The number of carbonyl (C=O) groups excluding carboxylic acids is 3. The van der Waals surface area contributed by atoms with Crippen LogP contribution in [0.5, 0.6) is 0 Å². The van der Waals surface area contributed by atoms with E-state index in [9.17, 15) is 22.8 Å². The van der Waals surface area contributed by atoms with Gasteiger partial charge in [0.1, 0.15) is 5.78 Å². The Morgan fingerprint density at radius 1 is 1.06 bits per heavy atom. The molecule has 1 aromatic rings. The number of benzene rings is 1. The molecule has 3 fully saturated rings. The van der Waals surface area contributed by atoms with Crippen molar-refractivity contribution in [2.75, 3.05) is 25.0 Å². The summed E-state index contributed by atoms with van der Waals surface area (Å²) in [5, 5.41) is 2.60. The van der Waals surface area contributed by atoms with Gasteiger partial charge in [-0.2, -0.15) is 4.31 Å². The minimum Gasteiger partial charge on any atom is -0.455 e. The maximum Gasteiger partial charge on any atom is 0.309 e. The van der Waals surface area contributed by atoms with Crippen molar-refractivity contribution in [3.8, 4) is 0 Å². The number of ketones is 1. The van der Waals surface area contributed by atoms with Gasteiger partial charge in [0.25, 0.3) is 5.91 Å². The number of sulfonamides is 1. The lowest BCUT2D eigenvalue weighted by molar-refractivity contribution is -0.155. The van der Waals surface area contributed by atoms with Crippen LogP contribution in [0.3, 0.4) is 0 Å². The van der Waals surface area contributed by atoms with Crippen LogP contribution in [0.25, 0.3) is 0 Å². The quantitative estimate of drug-likeness (QED) is 0.669. The molecule has 0 aromatic heterocycles. The van der Waals surface area contributed by atoms with E-state index in [1.807, 2.05) is 0 Å². The normalized spacial score (nSPS) is 26.5. The van der Waals surface area contributed by atoms with Gasteiger partial charge in [0.05, 0.1) is 10.8 Å². The summed E-state index contributed by atoms with van der Waals surface area (Å²) in [7, 11) is -3.58. The first-order valence-corrected chi connectivity index (χ1v) is 12.4. The Bertz CT molecular complexity index is 954. The van der Waals surface area contributed by atoms with Gasteiger partial charge in [-0.15, -0.1) is 0 Å². The number of rotatable bonds is 6. The predicted molar refractivity (Wildman–Crippen MR) is 113 cm³/mol. The summed E-state index contributed by atoms with van der Waals surface area (Å²) < 4.78 is 32.0. The maximum absolute atomic E-state index is 12.7. The van der Waals surface area contributed by atoms with Gasteiger partial charge >= 0.3 is 5.97 Å². The van der Waals surface area contributed by atoms with Gasteiger partial charge in [0.15, 0.2) is 6.61 Å². The SMILES string of the molecule is O=C(COC(=O)C1CC2CCCC(C1)C2=O)Nc1cccc(S(=O)(=O)N2CCCC2)c1. The van der Waals surface area contributed by atoms with E-state index >= 15 is 0 Å².